The maximum Gasteiger partial charge on any atom is 0.260 e. The van der Waals surface area contributed by atoms with Gasteiger partial charge in [0.25, 0.3) is 5.91 Å². The average molecular weight is 269 g/mol. The second kappa shape index (κ2) is 5.99. The van der Waals surface area contributed by atoms with Crippen molar-refractivity contribution in [3.8, 4) is 5.75 Å². The van der Waals surface area contributed by atoms with E-state index >= 15 is 0 Å². The highest BCUT2D eigenvalue weighted by Crippen LogP contribution is 2.20. The van der Waals surface area contributed by atoms with Crippen molar-refractivity contribution < 1.29 is 18.3 Å². The summed E-state index contributed by atoms with van der Waals surface area (Å²) in [5, 5.41) is 2.87. The van der Waals surface area contributed by atoms with Crippen LogP contribution >= 0.6 is 0 Å². The molecule has 0 saturated heterocycles. The number of carbonyl (C=O) groups is 1. The summed E-state index contributed by atoms with van der Waals surface area (Å²) in [6.45, 7) is 1.55. The van der Waals surface area contributed by atoms with Gasteiger partial charge in [0.1, 0.15) is 5.82 Å². The van der Waals surface area contributed by atoms with Crippen molar-refractivity contribution in [2.75, 3.05) is 0 Å². The third kappa shape index (κ3) is 3.66. The lowest BCUT2D eigenvalue weighted by Gasteiger charge is -2.18. The summed E-state index contributed by atoms with van der Waals surface area (Å²) >= 11 is 0. The first kappa shape index (κ1) is 13.8. The number of halogens is 2. The topological polar surface area (TPSA) is 38.3 Å². The van der Waals surface area contributed by atoms with Crippen LogP contribution in [0, 0.1) is 11.6 Å². The van der Waals surface area contributed by atoms with Crippen LogP contribution in [0.2, 0.25) is 0 Å². The molecule has 1 amide bonds. The van der Waals surface area contributed by atoms with Gasteiger partial charge in [-0.1, -0.05) is 12.8 Å². The number of rotatable bonds is 4. The van der Waals surface area contributed by atoms with Crippen LogP contribution in [0.15, 0.2) is 18.2 Å². The molecule has 104 valence electrons. The smallest absolute Gasteiger partial charge is 0.260 e. The summed E-state index contributed by atoms with van der Waals surface area (Å²) < 4.78 is 31.3. The molecule has 1 fully saturated rings. The monoisotopic (exact) mass is 269 g/mol. The van der Waals surface area contributed by atoms with Gasteiger partial charge in [-0.15, -0.1) is 0 Å². The van der Waals surface area contributed by atoms with Crippen molar-refractivity contribution in [3.05, 3.63) is 29.8 Å². The summed E-state index contributed by atoms with van der Waals surface area (Å²) in [5.74, 6) is -1.86. The minimum Gasteiger partial charge on any atom is -0.478 e. The van der Waals surface area contributed by atoms with Gasteiger partial charge in [0, 0.05) is 12.1 Å². The summed E-state index contributed by atoms with van der Waals surface area (Å²) in [5.41, 5.74) is 0. The van der Waals surface area contributed by atoms with Gasteiger partial charge < -0.3 is 10.1 Å². The van der Waals surface area contributed by atoms with E-state index in [-0.39, 0.29) is 17.7 Å². The van der Waals surface area contributed by atoms with E-state index in [1.54, 1.807) is 6.92 Å². The first-order valence-electron chi connectivity index (χ1n) is 6.48. The molecule has 5 heteroatoms. The Labute approximate surface area is 111 Å². The number of amides is 1. The van der Waals surface area contributed by atoms with Crippen molar-refractivity contribution in [2.45, 2.75) is 44.8 Å². The van der Waals surface area contributed by atoms with E-state index in [9.17, 15) is 13.6 Å². The lowest BCUT2D eigenvalue weighted by molar-refractivity contribution is -0.128. The maximum absolute atomic E-state index is 13.4. The maximum atomic E-state index is 13.4. The molecule has 0 aliphatic heterocycles. The number of ether oxygens (including phenoxy) is 1. The molecule has 0 aromatic heterocycles. The van der Waals surface area contributed by atoms with Gasteiger partial charge in [0.15, 0.2) is 17.7 Å². The van der Waals surface area contributed by atoms with Gasteiger partial charge in [-0.2, -0.15) is 0 Å². The van der Waals surface area contributed by atoms with Crippen LogP contribution in [0.25, 0.3) is 0 Å². The summed E-state index contributed by atoms with van der Waals surface area (Å²) in [4.78, 5) is 11.8. The van der Waals surface area contributed by atoms with Crippen LogP contribution in [0.4, 0.5) is 8.78 Å². The van der Waals surface area contributed by atoms with Crippen molar-refractivity contribution in [1.29, 1.82) is 0 Å². The fourth-order valence-electron chi connectivity index (χ4n) is 2.20. The average Bonchev–Trinajstić information content (AvgIpc) is 2.85. The van der Waals surface area contributed by atoms with Crippen LogP contribution in [0.1, 0.15) is 32.6 Å². The van der Waals surface area contributed by atoms with E-state index in [0.717, 1.165) is 37.8 Å². The molecule has 1 aromatic rings. The fraction of sp³-hybridized carbons (Fsp3) is 0.500. The zero-order valence-corrected chi connectivity index (χ0v) is 10.8. The molecule has 1 saturated carbocycles. The van der Waals surface area contributed by atoms with E-state index < -0.39 is 17.7 Å². The Morgan fingerprint density at radius 1 is 1.37 bits per heavy atom. The normalized spacial score (nSPS) is 17.2. The number of hydrogen-bond acceptors (Lipinski definition) is 2. The molecule has 19 heavy (non-hydrogen) atoms. The van der Waals surface area contributed by atoms with Gasteiger partial charge in [-0.25, -0.2) is 8.78 Å². The number of nitrogens with one attached hydrogen (secondary N) is 1. The molecule has 1 N–H and O–H groups in total. The Morgan fingerprint density at radius 2 is 2.05 bits per heavy atom. The van der Waals surface area contributed by atoms with Gasteiger partial charge in [0.2, 0.25) is 0 Å². The first-order chi connectivity index (χ1) is 9.06. The Kier molecular flexibility index (Phi) is 4.35. The zero-order valence-electron chi connectivity index (χ0n) is 10.8. The molecular formula is C14H17F2NO2. The highest BCUT2D eigenvalue weighted by atomic mass is 19.1. The molecule has 1 aromatic carbocycles. The lowest BCUT2D eigenvalue weighted by atomic mass is 10.2. The SMILES string of the molecule is CC(Oc1ccc(F)cc1F)C(=O)NC1CCCC1. The van der Waals surface area contributed by atoms with Crippen LogP contribution < -0.4 is 10.1 Å². The molecule has 3 nitrogen and oxygen atoms in total. The predicted molar refractivity (Wildman–Crippen MR) is 66.8 cm³/mol. The van der Waals surface area contributed by atoms with Crippen molar-refractivity contribution in [3.63, 3.8) is 0 Å². The summed E-state index contributed by atoms with van der Waals surface area (Å²) in [7, 11) is 0. The van der Waals surface area contributed by atoms with Crippen molar-refractivity contribution in [1.82, 2.24) is 5.32 Å². The highest BCUT2D eigenvalue weighted by Gasteiger charge is 2.22. The second-order valence-electron chi connectivity index (χ2n) is 4.82. The molecular weight excluding hydrogens is 252 g/mol. The molecule has 0 spiro atoms. The Morgan fingerprint density at radius 3 is 2.68 bits per heavy atom. The molecule has 0 radical (unpaired) electrons. The third-order valence-corrected chi connectivity index (χ3v) is 3.27. The fourth-order valence-corrected chi connectivity index (χ4v) is 2.20. The summed E-state index contributed by atoms with van der Waals surface area (Å²) in [6.07, 6.45) is 3.38. The quantitative estimate of drug-likeness (QED) is 0.912. The van der Waals surface area contributed by atoms with E-state index in [4.69, 9.17) is 4.74 Å². The standard InChI is InChI=1S/C14H17F2NO2/c1-9(14(18)17-11-4-2-3-5-11)19-13-7-6-10(15)8-12(13)16/h6-9,11H,2-5H2,1H3,(H,17,18). The van der Waals surface area contributed by atoms with Crippen LogP contribution in [-0.4, -0.2) is 18.1 Å². The molecule has 1 unspecified atom stereocenters. The Bertz CT molecular complexity index is 459. The third-order valence-electron chi connectivity index (χ3n) is 3.27. The summed E-state index contributed by atoms with van der Waals surface area (Å²) in [6, 6.07) is 3.21. The molecule has 1 atom stereocenters. The Hall–Kier alpha value is -1.65. The number of hydrogen-bond donors (Lipinski definition) is 1. The molecule has 1 aliphatic rings. The highest BCUT2D eigenvalue weighted by molar-refractivity contribution is 5.81. The predicted octanol–water partition coefficient (Wildman–Crippen LogP) is 2.79. The van der Waals surface area contributed by atoms with E-state index in [2.05, 4.69) is 5.32 Å². The largest absolute Gasteiger partial charge is 0.478 e. The van der Waals surface area contributed by atoms with Crippen molar-refractivity contribution >= 4 is 5.91 Å². The Balaban J connectivity index is 1.92. The van der Waals surface area contributed by atoms with Crippen LogP contribution in [-0.2, 0) is 4.79 Å². The van der Waals surface area contributed by atoms with Crippen LogP contribution in [0.5, 0.6) is 5.75 Å². The second-order valence-corrected chi connectivity index (χ2v) is 4.82. The number of benzene rings is 1. The van der Waals surface area contributed by atoms with Crippen molar-refractivity contribution in [2.24, 2.45) is 0 Å². The molecule has 0 bridgehead atoms. The first-order valence-corrected chi connectivity index (χ1v) is 6.48. The minimum absolute atomic E-state index is 0.115. The molecule has 1 aliphatic carbocycles. The van der Waals surface area contributed by atoms with Gasteiger partial charge >= 0.3 is 0 Å². The van der Waals surface area contributed by atoms with Crippen LogP contribution in [0.3, 0.4) is 0 Å². The lowest BCUT2D eigenvalue weighted by Crippen LogP contribution is -2.41. The molecule has 2 rings (SSSR count). The minimum atomic E-state index is -0.805. The van der Waals surface area contributed by atoms with Gasteiger partial charge in [-0.05, 0) is 31.9 Å². The number of carbonyl (C=O) groups excluding carboxylic acids is 1. The van der Waals surface area contributed by atoms with Gasteiger partial charge in [0.05, 0.1) is 0 Å². The molecule has 0 heterocycles. The zero-order chi connectivity index (χ0) is 13.8. The van der Waals surface area contributed by atoms with E-state index in [0.29, 0.717) is 0 Å². The van der Waals surface area contributed by atoms with E-state index in [1.807, 2.05) is 0 Å². The van der Waals surface area contributed by atoms with E-state index in [1.165, 1.54) is 6.07 Å². The van der Waals surface area contributed by atoms with Gasteiger partial charge in [-0.3, -0.25) is 4.79 Å².